The summed E-state index contributed by atoms with van der Waals surface area (Å²) in [4.78, 5) is 38.7. The van der Waals surface area contributed by atoms with E-state index in [2.05, 4.69) is 16.6 Å². The fourth-order valence-electron chi connectivity index (χ4n) is 3.77. The first kappa shape index (κ1) is 20.9. The van der Waals surface area contributed by atoms with Crippen LogP contribution in [0.5, 0.6) is 0 Å². The Morgan fingerprint density at radius 2 is 1.91 bits per heavy atom. The molecule has 32 heavy (non-hydrogen) atoms. The van der Waals surface area contributed by atoms with Crippen molar-refractivity contribution in [1.29, 1.82) is 0 Å². The van der Waals surface area contributed by atoms with E-state index in [9.17, 15) is 14.4 Å². The first-order valence-corrected chi connectivity index (χ1v) is 10.3. The molecule has 2 aromatic carbocycles. The van der Waals surface area contributed by atoms with Crippen molar-refractivity contribution in [3.8, 4) is 12.3 Å². The second kappa shape index (κ2) is 8.82. The van der Waals surface area contributed by atoms with Crippen molar-refractivity contribution in [2.75, 3.05) is 11.9 Å². The summed E-state index contributed by atoms with van der Waals surface area (Å²) in [6, 6.07) is 14.5. The van der Waals surface area contributed by atoms with Gasteiger partial charge in [-0.25, -0.2) is 9.69 Å². The van der Waals surface area contributed by atoms with E-state index in [4.69, 9.17) is 6.42 Å². The van der Waals surface area contributed by atoms with Crippen molar-refractivity contribution >= 4 is 40.5 Å². The lowest BCUT2D eigenvalue weighted by atomic mass is 10.1. The maximum Gasteiger partial charge on any atom is 0.329 e. The summed E-state index contributed by atoms with van der Waals surface area (Å²) in [6.07, 6.45) is 9.66. The number of aryl methyl sites for hydroxylation is 1. The summed E-state index contributed by atoms with van der Waals surface area (Å²) < 4.78 is 1.90. The van der Waals surface area contributed by atoms with Gasteiger partial charge in [-0.05, 0) is 30.2 Å². The predicted molar refractivity (Wildman–Crippen MR) is 123 cm³/mol. The lowest BCUT2D eigenvalue weighted by Gasteiger charge is -2.13. The molecule has 0 atom stereocenters. The lowest BCUT2D eigenvalue weighted by Crippen LogP contribution is -2.38. The second-order valence-electron chi connectivity index (χ2n) is 7.37. The van der Waals surface area contributed by atoms with Gasteiger partial charge in [-0.3, -0.25) is 9.59 Å². The molecule has 0 bridgehead atoms. The number of carbonyl (C=O) groups excluding carboxylic acids is 3. The van der Waals surface area contributed by atoms with Gasteiger partial charge in [0.05, 0.1) is 6.54 Å². The molecule has 0 unspecified atom stereocenters. The Bertz CT molecular complexity index is 1300. The van der Waals surface area contributed by atoms with Crippen molar-refractivity contribution in [3.63, 3.8) is 0 Å². The summed E-state index contributed by atoms with van der Waals surface area (Å²) in [5.41, 5.74) is 3.44. The summed E-state index contributed by atoms with van der Waals surface area (Å²) >= 11 is 0. The van der Waals surface area contributed by atoms with Crippen LogP contribution in [0.15, 0.2) is 60.4 Å². The van der Waals surface area contributed by atoms with Gasteiger partial charge in [-0.2, -0.15) is 0 Å². The van der Waals surface area contributed by atoms with Crippen LogP contribution in [-0.2, 0) is 22.6 Å². The van der Waals surface area contributed by atoms with Gasteiger partial charge in [0.2, 0.25) is 5.91 Å². The van der Waals surface area contributed by atoms with Gasteiger partial charge < -0.3 is 15.2 Å². The highest BCUT2D eigenvalue weighted by Gasteiger charge is 2.35. The Kier molecular flexibility index (Phi) is 5.77. The Morgan fingerprint density at radius 3 is 2.69 bits per heavy atom. The molecule has 7 heteroatoms. The third kappa shape index (κ3) is 3.98. The summed E-state index contributed by atoms with van der Waals surface area (Å²) in [5.74, 6) is 1.61. The zero-order valence-electron chi connectivity index (χ0n) is 17.6. The lowest BCUT2D eigenvalue weighted by molar-refractivity contribution is -0.127. The van der Waals surface area contributed by atoms with Gasteiger partial charge in [0, 0.05) is 28.4 Å². The number of amides is 4. The minimum Gasteiger partial charge on any atom is -0.335 e. The van der Waals surface area contributed by atoms with Gasteiger partial charge in [0.25, 0.3) is 5.91 Å². The fraction of sp³-hybridized carbons (Fsp3) is 0.160. The quantitative estimate of drug-likeness (QED) is 0.360. The maximum atomic E-state index is 12.9. The fourth-order valence-corrected chi connectivity index (χ4v) is 3.77. The molecule has 1 fully saturated rings. The third-order valence-corrected chi connectivity index (χ3v) is 5.32. The largest absolute Gasteiger partial charge is 0.335 e. The Morgan fingerprint density at radius 1 is 1.16 bits per heavy atom. The highest BCUT2D eigenvalue weighted by molar-refractivity contribution is 6.16. The minimum atomic E-state index is -0.632. The van der Waals surface area contributed by atoms with Crippen molar-refractivity contribution in [2.24, 2.45) is 0 Å². The SMILES string of the molecule is C#CCn1cc(/C=C2/NC(=O)N(CC(=O)Nc3ccccc3CC)C2=O)c2ccccc21. The maximum absolute atomic E-state index is 12.9. The standard InChI is InChI=1S/C25H22N4O3/c1-3-13-28-15-18(19-10-6-8-12-22(19)28)14-21-24(31)29(25(32)27-21)16-23(30)26-20-11-7-5-9-17(20)4-2/h1,5-12,14-15H,4,13,16H2,2H3,(H,26,30)(H,27,32)/b21-14+. The van der Waals surface area contributed by atoms with E-state index in [-0.39, 0.29) is 12.2 Å². The predicted octanol–water partition coefficient (Wildman–Crippen LogP) is 3.37. The normalized spacial score (nSPS) is 14.6. The van der Waals surface area contributed by atoms with Crippen LogP contribution in [0.2, 0.25) is 0 Å². The van der Waals surface area contributed by atoms with Gasteiger partial charge in [-0.1, -0.05) is 49.2 Å². The molecule has 0 aliphatic carbocycles. The van der Waals surface area contributed by atoms with Crippen molar-refractivity contribution in [2.45, 2.75) is 19.9 Å². The van der Waals surface area contributed by atoms with E-state index in [1.807, 2.05) is 60.2 Å². The first-order valence-electron chi connectivity index (χ1n) is 10.3. The van der Waals surface area contributed by atoms with Gasteiger partial charge >= 0.3 is 6.03 Å². The van der Waals surface area contributed by atoms with Crippen LogP contribution in [0, 0.1) is 12.3 Å². The molecule has 0 spiro atoms. The molecular formula is C25H22N4O3. The van der Waals surface area contributed by atoms with E-state index in [0.717, 1.165) is 33.4 Å². The van der Waals surface area contributed by atoms with Crippen LogP contribution in [0.1, 0.15) is 18.1 Å². The topological polar surface area (TPSA) is 83.4 Å². The van der Waals surface area contributed by atoms with E-state index in [1.54, 1.807) is 12.1 Å². The molecule has 160 valence electrons. The summed E-state index contributed by atoms with van der Waals surface area (Å²) in [5, 5.41) is 6.26. The molecule has 4 amide bonds. The molecule has 4 rings (SSSR count). The molecule has 2 N–H and O–H groups in total. The van der Waals surface area contributed by atoms with E-state index < -0.39 is 17.8 Å². The number of fused-ring (bicyclic) bond motifs is 1. The van der Waals surface area contributed by atoms with Crippen molar-refractivity contribution < 1.29 is 14.4 Å². The van der Waals surface area contributed by atoms with Gasteiger partial charge in [-0.15, -0.1) is 6.42 Å². The van der Waals surface area contributed by atoms with Gasteiger partial charge in [0.15, 0.2) is 0 Å². The number of terminal acetylenes is 1. The minimum absolute atomic E-state index is 0.111. The molecule has 1 aliphatic heterocycles. The second-order valence-corrected chi connectivity index (χ2v) is 7.37. The highest BCUT2D eigenvalue weighted by atomic mass is 16.2. The molecular weight excluding hydrogens is 404 g/mol. The van der Waals surface area contributed by atoms with Gasteiger partial charge in [0.1, 0.15) is 12.2 Å². The van der Waals surface area contributed by atoms with E-state index in [0.29, 0.717) is 12.2 Å². The average Bonchev–Trinajstić information content (AvgIpc) is 3.27. The van der Waals surface area contributed by atoms with Crippen molar-refractivity contribution in [1.82, 2.24) is 14.8 Å². The number of hydrogen-bond acceptors (Lipinski definition) is 3. The number of rotatable bonds is 6. The number of carbonyl (C=O) groups is 3. The molecule has 7 nitrogen and oxygen atoms in total. The zero-order valence-corrected chi connectivity index (χ0v) is 17.6. The van der Waals surface area contributed by atoms with Crippen LogP contribution >= 0.6 is 0 Å². The Labute approximate surface area is 185 Å². The van der Waals surface area contributed by atoms with Crippen molar-refractivity contribution in [3.05, 3.63) is 71.6 Å². The molecule has 3 aromatic rings. The van der Waals surface area contributed by atoms with Crippen LogP contribution in [0.4, 0.5) is 10.5 Å². The summed E-state index contributed by atoms with van der Waals surface area (Å²) in [6.45, 7) is 1.99. The average molecular weight is 426 g/mol. The Balaban J connectivity index is 1.54. The summed E-state index contributed by atoms with van der Waals surface area (Å²) in [7, 11) is 0. The molecule has 2 heterocycles. The molecule has 0 saturated carbocycles. The number of anilines is 1. The number of hydrogen-bond donors (Lipinski definition) is 2. The molecule has 1 aliphatic rings. The van der Waals surface area contributed by atoms with Crippen LogP contribution < -0.4 is 10.6 Å². The number of benzene rings is 2. The van der Waals surface area contributed by atoms with Crippen LogP contribution in [0.3, 0.4) is 0 Å². The Hall–Kier alpha value is -4.31. The molecule has 1 saturated heterocycles. The van der Waals surface area contributed by atoms with E-state index >= 15 is 0 Å². The molecule has 1 aromatic heterocycles. The van der Waals surface area contributed by atoms with Crippen LogP contribution in [-0.4, -0.2) is 33.9 Å². The number of nitrogens with one attached hydrogen (secondary N) is 2. The number of aromatic nitrogens is 1. The third-order valence-electron chi connectivity index (χ3n) is 5.32. The first-order chi connectivity index (χ1) is 15.5. The van der Waals surface area contributed by atoms with Crippen LogP contribution in [0.25, 0.3) is 17.0 Å². The number of imide groups is 1. The highest BCUT2D eigenvalue weighted by Crippen LogP contribution is 2.25. The number of para-hydroxylation sites is 2. The monoisotopic (exact) mass is 426 g/mol. The number of urea groups is 1. The number of nitrogens with zero attached hydrogens (tertiary/aromatic N) is 2. The zero-order chi connectivity index (χ0) is 22.7. The van der Waals surface area contributed by atoms with E-state index in [1.165, 1.54) is 0 Å². The molecule has 0 radical (unpaired) electrons. The smallest absolute Gasteiger partial charge is 0.329 e.